The Morgan fingerprint density at radius 1 is 0.971 bits per heavy atom. The molecular weight excluding hydrogens is 492 g/mol. The van der Waals surface area contributed by atoms with Gasteiger partial charge in [0.25, 0.3) is 5.91 Å². The summed E-state index contributed by atoms with van der Waals surface area (Å²) in [5.74, 6) is 0.217. The van der Waals surface area contributed by atoms with Gasteiger partial charge in [0.15, 0.2) is 6.61 Å². The molecule has 2 amide bonds. The molecule has 0 aromatic heterocycles. The van der Waals surface area contributed by atoms with E-state index in [-0.39, 0.29) is 18.4 Å². The molecule has 34 heavy (non-hydrogen) atoms. The van der Waals surface area contributed by atoms with E-state index in [2.05, 4.69) is 21.2 Å². The minimum atomic E-state index is -0.665. The fourth-order valence-corrected chi connectivity index (χ4v) is 4.06. The second-order valence-electron chi connectivity index (χ2n) is 8.25. The number of ether oxygens (including phenoxy) is 1. The van der Waals surface area contributed by atoms with Gasteiger partial charge in [-0.3, -0.25) is 9.59 Å². The van der Waals surface area contributed by atoms with Crippen LogP contribution in [0.2, 0.25) is 0 Å². The number of hydrogen-bond donors (Lipinski definition) is 1. The molecule has 1 N–H and O–H groups in total. The van der Waals surface area contributed by atoms with Gasteiger partial charge in [0.1, 0.15) is 11.8 Å². The Morgan fingerprint density at radius 2 is 1.68 bits per heavy atom. The Bertz CT molecular complexity index is 1070. The highest BCUT2D eigenvalue weighted by Gasteiger charge is 2.30. The molecule has 178 valence electrons. The molecule has 0 saturated carbocycles. The van der Waals surface area contributed by atoms with Gasteiger partial charge in [0, 0.05) is 24.0 Å². The Kier molecular flexibility index (Phi) is 9.71. The van der Waals surface area contributed by atoms with Crippen LogP contribution in [0.15, 0.2) is 83.3 Å². The first-order chi connectivity index (χ1) is 16.5. The molecule has 0 saturated heterocycles. The van der Waals surface area contributed by atoms with Gasteiger partial charge in [-0.2, -0.15) is 0 Å². The van der Waals surface area contributed by atoms with Crippen molar-refractivity contribution in [3.05, 3.63) is 100 Å². The molecule has 3 rings (SSSR count). The summed E-state index contributed by atoms with van der Waals surface area (Å²) in [4.78, 5) is 28.4. The largest absolute Gasteiger partial charge is 0.484 e. The van der Waals surface area contributed by atoms with Gasteiger partial charge in [-0.15, -0.1) is 0 Å². The number of nitrogens with zero attached hydrogens (tertiary/aromatic N) is 1. The second-order valence-corrected chi connectivity index (χ2v) is 9.17. The van der Waals surface area contributed by atoms with Crippen molar-refractivity contribution in [2.24, 2.45) is 0 Å². The predicted molar refractivity (Wildman–Crippen MR) is 139 cm³/mol. The molecule has 1 unspecified atom stereocenters. The molecule has 1 atom stereocenters. The van der Waals surface area contributed by atoms with E-state index in [1.165, 1.54) is 0 Å². The van der Waals surface area contributed by atoms with Gasteiger partial charge in [-0.05, 0) is 48.7 Å². The van der Waals surface area contributed by atoms with Crippen LogP contribution in [0.5, 0.6) is 5.75 Å². The maximum atomic E-state index is 13.5. The molecule has 0 spiro atoms. The van der Waals surface area contributed by atoms with Crippen molar-refractivity contribution in [3.8, 4) is 5.75 Å². The SMILES string of the molecule is CCCNC(=O)C(Cc1ccccc1)N(Cc1cccc(Br)c1)C(=O)COc1ccc(C)cc1. The van der Waals surface area contributed by atoms with Crippen molar-refractivity contribution in [2.45, 2.75) is 39.3 Å². The van der Waals surface area contributed by atoms with E-state index >= 15 is 0 Å². The summed E-state index contributed by atoms with van der Waals surface area (Å²) in [5.41, 5.74) is 3.04. The van der Waals surface area contributed by atoms with E-state index in [0.29, 0.717) is 25.3 Å². The Hall–Kier alpha value is -3.12. The first-order valence-electron chi connectivity index (χ1n) is 11.5. The van der Waals surface area contributed by atoms with E-state index in [1.807, 2.05) is 92.7 Å². The van der Waals surface area contributed by atoms with Crippen LogP contribution in [0.25, 0.3) is 0 Å². The highest BCUT2D eigenvalue weighted by Crippen LogP contribution is 2.19. The summed E-state index contributed by atoms with van der Waals surface area (Å²) in [6.07, 6.45) is 1.24. The standard InChI is InChI=1S/C28H31BrN2O3/c1-3-16-30-28(33)26(18-22-8-5-4-6-9-22)31(19-23-10-7-11-24(29)17-23)27(32)20-34-25-14-12-21(2)13-15-25/h4-15,17,26H,3,16,18-20H2,1-2H3,(H,30,33). The number of carbonyl (C=O) groups excluding carboxylic acids is 2. The molecule has 0 fully saturated rings. The van der Waals surface area contributed by atoms with Crippen molar-refractivity contribution in [1.29, 1.82) is 0 Å². The fraction of sp³-hybridized carbons (Fsp3) is 0.286. The molecule has 0 aliphatic rings. The average molecular weight is 523 g/mol. The summed E-state index contributed by atoms with van der Waals surface area (Å²) >= 11 is 3.50. The lowest BCUT2D eigenvalue weighted by Crippen LogP contribution is -2.51. The van der Waals surface area contributed by atoms with E-state index in [4.69, 9.17) is 4.74 Å². The monoisotopic (exact) mass is 522 g/mol. The molecule has 5 nitrogen and oxygen atoms in total. The molecule has 3 aromatic rings. The first-order valence-corrected chi connectivity index (χ1v) is 12.3. The van der Waals surface area contributed by atoms with Gasteiger partial charge in [0.2, 0.25) is 5.91 Å². The molecule has 0 heterocycles. The maximum absolute atomic E-state index is 13.5. The number of halogens is 1. The van der Waals surface area contributed by atoms with Crippen LogP contribution in [0.3, 0.4) is 0 Å². The Morgan fingerprint density at radius 3 is 2.35 bits per heavy atom. The average Bonchev–Trinajstić information content (AvgIpc) is 2.85. The number of nitrogens with one attached hydrogen (secondary N) is 1. The zero-order valence-electron chi connectivity index (χ0n) is 19.7. The Labute approximate surface area is 210 Å². The second kappa shape index (κ2) is 12.9. The molecule has 0 bridgehead atoms. The molecule has 0 aliphatic carbocycles. The summed E-state index contributed by atoms with van der Waals surface area (Å²) in [6, 6.07) is 24.5. The number of aryl methyl sites for hydroxylation is 1. The number of rotatable bonds is 11. The van der Waals surface area contributed by atoms with Crippen LogP contribution in [0, 0.1) is 6.92 Å². The Balaban J connectivity index is 1.88. The normalized spacial score (nSPS) is 11.5. The minimum absolute atomic E-state index is 0.149. The summed E-state index contributed by atoms with van der Waals surface area (Å²) < 4.78 is 6.71. The third-order valence-corrected chi connectivity index (χ3v) is 5.94. The topological polar surface area (TPSA) is 58.6 Å². The van der Waals surface area contributed by atoms with Crippen LogP contribution in [0.4, 0.5) is 0 Å². The van der Waals surface area contributed by atoms with Crippen molar-refractivity contribution >= 4 is 27.7 Å². The predicted octanol–water partition coefficient (Wildman–Crippen LogP) is 5.30. The van der Waals surface area contributed by atoms with Crippen LogP contribution in [-0.2, 0) is 22.6 Å². The van der Waals surface area contributed by atoms with Crippen molar-refractivity contribution in [2.75, 3.05) is 13.2 Å². The lowest BCUT2D eigenvalue weighted by molar-refractivity contribution is -0.142. The van der Waals surface area contributed by atoms with Gasteiger partial charge < -0.3 is 15.0 Å². The first kappa shape index (κ1) is 25.5. The van der Waals surface area contributed by atoms with Gasteiger partial charge in [-0.25, -0.2) is 0 Å². The van der Waals surface area contributed by atoms with Gasteiger partial charge >= 0.3 is 0 Å². The van der Waals surface area contributed by atoms with Crippen LogP contribution in [-0.4, -0.2) is 35.9 Å². The highest BCUT2D eigenvalue weighted by atomic mass is 79.9. The summed E-state index contributed by atoms with van der Waals surface area (Å²) in [6.45, 7) is 4.71. The van der Waals surface area contributed by atoms with E-state index < -0.39 is 6.04 Å². The quantitative estimate of drug-likeness (QED) is 0.371. The zero-order valence-corrected chi connectivity index (χ0v) is 21.3. The van der Waals surface area contributed by atoms with E-state index in [1.54, 1.807) is 4.90 Å². The minimum Gasteiger partial charge on any atom is -0.484 e. The van der Waals surface area contributed by atoms with Crippen molar-refractivity contribution in [1.82, 2.24) is 10.2 Å². The number of benzene rings is 3. The van der Waals surface area contributed by atoms with Gasteiger partial charge in [-0.1, -0.05) is 83.0 Å². The molecule has 3 aromatic carbocycles. The zero-order chi connectivity index (χ0) is 24.3. The van der Waals surface area contributed by atoms with Crippen LogP contribution in [0.1, 0.15) is 30.0 Å². The van der Waals surface area contributed by atoms with Crippen LogP contribution >= 0.6 is 15.9 Å². The number of carbonyl (C=O) groups is 2. The van der Waals surface area contributed by atoms with Gasteiger partial charge in [0.05, 0.1) is 0 Å². The van der Waals surface area contributed by atoms with E-state index in [0.717, 1.165) is 27.6 Å². The smallest absolute Gasteiger partial charge is 0.261 e. The van der Waals surface area contributed by atoms with Crippen molar-refractivity contribution < 1.29 is 14.3 Å². The lowest BCUT2D eigenvalue weighted by Gasteiger charge is -2.31. The van der Waals surface area contributed by atoms with Crippen LogP contribution < -0.4 is 10.1 Å². The summed E-state index contributed by atoms with van der Waals surface area (Å²) in [5, 5.41) is 2.98. The molecule has 6 heteroatoms. The molecular formula is C28H31BrN2O3. The maximum Gasteiger partial charge on any atom is 0.261 e. The van der Waals surface area contributed by atoms with E-state index in [9.17, 15) is 9.59 Å². The lowest BCUT2D eigenvalue weighted by atomic mass is 10.0. The number of hydrogen-bond acceptors (Lipinski definition) is 3. The highest BCUT2D eigenvalue weighted by molar-refractivity contribution is 9.10. The fourth-order valence-electron chi connectivity index (χ4n) is 3.61. The molecule has 0 radical (unpaired) electrons. The van der Waals surface area contributed by atoms with Crippen molar-refractivity contribution in [3.63, 3.8) is 0 Å². The third kappa shape index (κ3) is 7.73. The molecule has 0 aliphatic heterocycles. The number of amides is 2. The third-order valence-electron chi connectivity index (χ3n) is 5.45. The summed E-state index contributed by atoms with van der Waals surface area (Å²) in [7, 11) is 0.